The predicted molar refractivity (Wildman–Crippen MR) is 78.7 cm³/mol. The molecule has 0 aliphatic heterocycles. The number of Topliss-reactive ketones (excluding diaryl/α,β-unsaturated/α-hetero) is 1. The van der Waals surface area contributed by atoms with Crippen molar-refractivity contribution < 1.29 is 4.79 Å². The molecule has 1 heteroatoms. The van der Waals surface area contributed by atoms with Crippen molar-refractivity contribution in [2.45, 2.75) is 85.0 Å². The maximum Gasteiger partial charge on any atom is 0.136 e. The van der Waals surface area contributed by atoms with Gasteiger partial charge in [0.15, 0.2) is 0 Å². The lowest BCUT2D eigenvalue weighted by atomic mass is 9.76. The van der Waals surface area contributed by atoms with Gasteiger partial charge in [0.05, 0.1) is 0 Å². The van der Waals surface area contributed by atoms with Crippen LogP contribution in [0.4, 0.5) is 0 Å². The first-order chi connectivity index (χ1) is 8.67. The molecule has 0 aromatic carbocycles. The van der Waals surface area contributed by atoms with Crippen molar-refractivity contribution in [3.63, 3.8) is 0 Å². The van der Waals surface area contributed by atoms with Gasteiger partial charge in [0.1, 0.15) is 5.78 Å². The fourth-order valence-electron chi connectivity index (χ4n) is 3.37. The van der Waals surface area contributed by atoms with Gasteiger partial charge in [-0.05, 0) is 37.5 Å². The molecule has 1 nitrogen and oxygen atoms in total. The molecule has 1 atom stereocenters. The Kier molecular flexibility index (Phi) is 7.62. The number of rotatable bonds is 8. The van der Waals surface area contributed by atoms with Crippen LogP contribution in [0.3, 0.4) is 0 Å². The molecule has 0 bridgehead atoms. The third-order valence-corrected chi connectivity index (χ3v) is 4.60. The number of unbranched alkanes of at least 4 members (excludes halogenated alkanes) is 1. The average Bonchev–Trinajstić information content (AvgIpc) is 2.37. The molecule has 0 radical (unpaired) electrons. The highest BCUT2D eigenvalue weighted by Crippen LogP contribution is 2.33. The third kappa shape index (κ3) is 5.54. The van der Waals surface area contributed by atoms with E-state index in [0.717, 1.165) is 12.3 Å². The van der Waals surface area contributed by atoms with Crippen LogP contribution in [0, 0.1) is 17.8 Å². The van der Waals surface area contributed by atoms with E-state index in [0.29, 0.717) is 17.6 Å². The van der Waals surface area contributed by atoms with Crippen molar-refractivity contribution in [1.29, 1.82) is 0 Å². The van der Waals surface area contributed by atoms with E-state index in [9.17, 15) is 4.79 Å². The standard InChI is InChI=1S/C17H32O/c1-4-6-8-15-9-11-16(12-10-15)17(18)13-14(3)7-5-2/h14-16H,4-13H2,1-3H3. The number of carbonyl (C=O) groups is 1. The van der Waals surface area contributed by atoms with Crippen LogP contribution in [0.2, 0.25) is 0 Å². The van der Waals surface area contributed by atoms with E-state index in [-0.39, 0.29) is 0 Å². The van der Waals surface area contributed by atoms with Crippen LogP contribution in [0.15, 0.2) is 0 Å². The predicted octanol–water partition coefficient (Wildman–Crippen LogP) is 5.38. The monoisotopic (exact) mass is 252 g/mol. The maximum absolute atomic E-state index is 12.2. The molecule has 1 aliphatic carbocycles. The lowest BCUT2D eigenvalue weighted by molar-refractivity contribution is -0.125. The zero-order chi connectivity index (χ0) is 13.4. The van der Waals surface area contributed by atoms with Gasteiger partial charge in [0.25, 0.3) is 0 Å². The van der Waals surface area contributed by atoms with Crippen molar-refractivity contribution in [2.24, 2.45) is 17.8 Å². The van der Waals surface area contributed by atoms with Crippen molar-refractivity contribution in [1.82, 2.24) is 0 Å². The Balaban J connectivity index is 2.23. The topological polar surface area (TPSA) is 17.1 Å². The first-order valence-electron chi connectivity index (χ1n) is 8.20. The second-order valence-corrected chi connectivity index (χ2v) is 6.42. The van der Waals surface area contributed by atoms with Gasteiger partial charge in [-0.3, -0.25) is 4.79 Å². The molecule has 0 heterocycles. The third-order valence-electron chi connectivity index (χ3n) is 4.60. The van der Waals surface area contributed by atoms with Gasteiger partial charge >= 0.3 is 0 Å². The van der Waals surface area contributed by atoms with E-state index in [1.54, 1.807) is 0 Å². The summed E-state index contributed by atoms with van der Waals surface area (Å²) in [5.74, 6) is 2.48. The summed E-state index contributed by atoms with van der Waals surface area (Å²) in [6.45, 7) is 6.71. The van der Waals surface area contributed by atoms with Crippen LogP contribution >= 0.6 is 0 Å². The van der Waals surface area contributed by atoms with Crippen molar-refractivity contribution in [3.05, 3.63) is 0 Å². The number of ketones is 1. The summed E-state index contributed by atoms with van der Waals surface area (Å²) in [6.07, 6.45) is 12.3. The van der Waals surface area contributed by atoms with E-state index in [2.05, 4.69) is 20.8 Å². The second-order valence-electron chi connectivity index (χ2n) is 6.42. The van der Waals surface area contributed by atoms with Gasteiger partial charge in [-0.15, -0.1) is 0 Å². The molecule has 18 heavy (non-hydrogen) atoms. The number of hydrogen-bond acceptors (Lipinski definition) is 1. The molecule has 0 saturated heterocycles. The van der Waals surface area contributed by atoms with Crippen LogP contribution < -0.4 is 0 Å². The fourth-order valence-corrected chi connectivity index (χ4v) is 3.37. The van der Waals surface area contributed by atoms with Gasteiger partial charge < -0.3 is 0 Å². The van der Waals surface area contributed by atoms with Gasteiger partial charge in [-0.25, -0.2) is 0 Å². The van der Waals surface area contributed by atoms with E-state index in [1.165, 1.54) is 57.8 Å². The fraction of sp³-hybridized carbons (Fsp3) is 0.941. The molecule has 106 valence electrons. The molecule has 0 amide bonds. The minimum absolute atomic E-state index is 0.405. The quantitative estimate of drug-likeness (QED) is 0.567. The molecule has 0 aromatic rings. The minimum atomic E-state index is 0.405. The minimum Gasteiger partial charge on any atom is -0.299 e. The molecule has 1 unspecified atom stereocenters. The van der Waals surface area contributed by atoms with Crippen molar-refractivity contribution in [2.75, 3.05) is 0 Å². The Bertz CT molecular complexity index is 226. The molecule has 0 N–H and O–H groups in total. The molecule has 1 rings (SSSR count). The lowest BCUT2D eigenvalue weighted by Gasteiger charge is -2.28. The van der Waals surface area contributed by atoms with Crippen LogP contribution in [0.25, 0.3) is 0 Å². The van der Waals surface area contributed by atoms with E-state index >= 15 is 0 Å². The molecule has 0 aromatic heterocycles. The molecule has 1 aliphatic rings. The van der Waals surface area contributed by atoms with Crippen LogP contribution in [-0.2, 0) is 4.79 Å². The normalized spacial score (nSPS) is 25.9. The Morgan fingerprint density at radius 2 is 1.78 bits per heavy atom. The van der Waals surface area contributed by atoms with Crippen LogP contribution in [0.1, 0.15) is 85.0 Å². The summed E-state index contributed by atoms with van der Waals surface area (Å²) in [4.78, 5) is 12.2. The van der Waals surface area contributed by atoms with Crippen molar-refractivity contribution >= 4 is 5.78 Å². The first kappa shape index (κ1) is 15.7. The van der Waals surface area contributed by atoms with Gasteiger partial charge in [0, 0.05) is 12.3 Å². The molecule has 1 fully saturated rings. The van der Waals surface area contributed by atoms with Gasteiger partial charge in [-0.1, -0.05) is 52.9 Å². The average molecular weight is 252 g/mol. The highest BCUT2D eigenvalue weighted by Gasteiger charge is 2.26. The molecular weight excluding hydrogens is 220 g/mol. The Morgan fingerprint density at radius 1 is 1.11 bits per heavy atom. The van der Waals surface area contributed by atoms with Gasteiger partial charge in [-0.2, -0.15) is 0 Å². The summed E-state index contributed by atoms with van der Waals surface area (Å²) in [6, 6.07) is 0. The lowest BCUT2D eigenvalue weighted by Crippen LogP contribution is -2.23. The Labute approximate surface area is 114 Å². The largest absolute Gasteiger partial charge is 0.299 e. The summed E-state index contributed by atoms with van der Waals surface area (Å²) < 4.78 is 0. The summed E-state index contributed by atoms with van der Waals surface area (Å²) >= 11 is 0. The van der Waals surface area contributed by atoms with E-state index in [4.69, 9.17) is 0 Å². The Morgan fingerprint density at radius 3 is 2.33 bits per heavy atom. The smallest absolute Gasteiger partial charge is 0.136 e. The first-order valence-corrected chi connectivity index (χ1v) is 8.20. The maximum atomic E-state index is 12.2. The van der Waals surface area contributed by atoms with E-state index < -0.39 is 0 Å². The Hall–Kier alpha value is -0.330. The highest BCUT2D eigenvalue weighted by atomic mass is 16.1. The number of carbonyl (C=O) groups excluding carboxylic acids is 1. The zero-order valence-corrected chi connectivity index (χ0v) is 12.7. The van der Waals surface area contributed by atoms with Crippen molar-refractivity contribution in [3.8, 4) is 0 Å². The zero-order valence-electron chi connectivity index (χ0n) is 12.7. The molecular formula is C17H32O. The molecule has 0 spiro atoms. The molecule has 1 saturated carbocycles. The van der Waals surface area contributed by atoms with Crippen LogP contribution in [-0.4, -0.2) is 5.78 Å². The van der Waals surface area contributed by atoms with Crippen LogP contribution in [0.5, 0.6) is 0 Å². The highest BCUT2D eigenvalue weighted by molar-refractivity contribution is 5.81. The SMILES string of the molecule is CCCCC1CCC(C(=O)CC(C)CCC)CC1. The number of hydrogen-bond donors (Lipinski definition) is 0. The summed E-state index contributed by atoms with van der Waals surface area (Å²) in [7, 11) is 0. The summed E-state index contributed by atoms with van der Waals surface area (Å²) in [5, 5.41) is 0. The second kappa shape index (κ2) is 8.72. The van der Waals surface area contributed by atoms with E-state index in [1.807, 2.05) is 0 Å². The summed E-state index contributed by atoms with van der Waals surface area (Å²) in [5.41, 5.74) is 0. The van der Waals surface area contributed by atoms with Gasteiger partial charge in [0.2, 0.25) is 0 Å².